The van der Waals surface area contributed by atoms with Gasteiger partial charge in [0.25, 0.3) is 10.0 Å². The van der Waals surface area contributed by atoms with Crippen molar-refractivity contribution in [1.29, 1.82) is 0 Å². The summed E-state index contributed by atoms with van der Waals surface area (Å²) in [5, 5.41) is 0. The van der Waals surface area contributed by atoms with Crippen molar-refractivity contribution in [2.45, 2.75) is 11.4 Å². The van der Waals surface area contributed by atoms with Crippen LogP contribution in [0.15, 0.2) is 35.2 Å². The van der Waals surface area contributed by atoms with E-state index in [-0.39, 0.29) is 6.54 Å². The largest absolute Gasteiger partial charge is 0.259 e. The van der Waals surface area contributed by atoms with Crippen LogP contribution >= 0.6 is 0 Å². The van der Waals surface area contributed by atoms with Gasteiger partial charge in [-0.1, -0.05) is 30.3 Å². The average molecular weight is 352 g/mol. The highest BCUT2D eigenvalue weighted by Crippen LogP contribution is 2.26. The summed E-state index contributed by atoms with van der Waals surface area (Å²) in [5.41, 5.74) is 2.76. The predicted molar refractivity (Wildman–Crippen MR) is 69.8 cm³/mol. The number of hydrogen-bond donors (Lipinski definition) is 2. The molecule has 0 aliphatic carbocycles. The Labute approximate surface area is 128 Å². The molecule has 10 heteroatoms. The van der Waals surface area contributed by atoms with E-state index in [1.807, 2.05) is 0 Å². The van der Waals surface area contributed by atoms with Crippen LogP contribution in [-0.4, -0.2) is 8.42 Å². The zero-order valence-electron chi connectivity index (χ0n) is 11.2. The average Bonchev–Trinajstić information content (AvgIpc) is 2.52. The molecule has 0 saturated carbocycles. The minimum atomic E-state index is -5.01. The van der Waals surface area contributed by atoms with E-state index in [4.69, 9.17) is 0 Å². The van der Waals surface area contributed by atoms with E-state index in [9.17, 15) is 30.4 Å². The van der Waals surface area contributed by atoms with Gasteiger partial charge < -0.3 is 0 Å². The topological polar surface area (TPSA) is 58.2 Å². The Morgan fingerprint density at radius 2 is 1.26 bits per heavy atom. The van der Waals surface area contributed by atoms with Gasteiger partial charge in [-0.2, -0.15) is 0 Å². The Kier molecular flexibility index (Phi) is 4.97. The van der Waals surface area contributed by atoms with Gasteiger partial charge in [0.15, 0.2) is 28.2 Å². The van der Waals surface area contributed by atoms with Crippen molar-refractivity contribution in [1.82, 2.24) is 10.3 Å². The van der Waals surface area contributed by atoms with E-state index in [0.29, 0.717) is 5.56 Å². The highest BCUT2D eigenvalue weighted by molar-refractivity contribution is 7.89. The van der Waals surface area contributed by atoms with Gasteiger partial charge in [-0.15, -0.1) is 4.83 Å². The second-order valence-corrected chi connectivity index (χ2v) is 5.96. The van der Waals surface area contributed by atoms with Gasteiger partial charge in [0, 0.05) is 6.54 Å². The molecule has 2 aromatic rings. The van der Waals surface area contributed by atoms with Crippen LogP contribution in [0, 0.1) is 29.1 Å². The lowest BCUT2D eigenvalue weighted by Crippen LogP contribution is -2.38. The van der Waals surface area contributed by atoms with Crippen molar-refractivity contribution in [3.05, 3.63) is 65.0 Å². The van der Waals surface area contributed by atoms with E-state index < -0.39 is 44.0 Å². The van der Waals surface area contributed by atoms with Crippen molar-refractivity contribution in [3.63, 3.8) is 0 Å². The Hall–Kier alpha value is -2.04. The third-order valence-electron chi connectivity index (χ3n) is 2.78. The molecular formula is C13H9F5N2O2S. The summed E-state index contributed by atoms with van der Waals surface area (Å²) in [6.07, 6.45) is 0. The van der Waals surface area contributed by atoms with Crippen LogP contribution in [-0.2, 0) is 16.6 Å². The number of nitrogens with one attached hydrogen (secondary N) is 2. The van der Waals surface area contributed by atoms with Crippen molar-refractivity contribution in [3.8, 4) is 0 Å². The quantitative estimate of drug-likeness (QED) is 0.376. The highest BCUT2D eigenvalue weighted by atomic mass is 32.2. The van der Waals surface area contributed by atoms with Crippen molar-refractivity contribution in [2.24, 2.45) is 0 Å². The molecule has 0 saturated heterocycles. The molecule has 0 unspecified atom stereocenters. The Bertz CT molecular complexity index is 799. The maximum Gasteiger partial charge on any atom is 0.259 e. The first kappa shape index (κ1) is 17.3. The summed E-state index contributed by atoms with van der Waals surface area (Å²) in [4.78, 5) is -0.384. The number of sulfonamides is 1. The van der Waals surface area contributed by atoms with Crippen molar-refractivity contribution in [2.75, 3.05) is 0 Å². The molecule has 2 rings (SSSR count). The van der Waals surface area contributed by atoms with Gasteiger partial charge in [-0.3, -0.25) is 0 Å². The molecule has 0 aromatic heterocycles. The van der Waals surface area contributed by atoms with Gasteiger partial charge in [0.2, 0.25) is 5.82 Å². The van der Waals surface area contributed by atoms with Crippen LogP contribution in [0.25, 0.3) is 0 Å². The molecule has 23 heavy (non-hydrogen) atoms. The molecular weight excluding hydrogens is 343 g/mol. The number of hydrazine groups is 1. The summed E-state index contributed by atoms with van der Waals surface area (Å²) in [6, 6.07) is 8.28. The number of halogens is 5. The SMILES string of the molecule is O=S(=O)(NNCc1ccccc1)c1c(F)c(F)c(F)c(F)c1F. The van der Waals surface area contributed by atoms with Crippen LogP contribution in [0.2, 0.25) is 0 Å². The van der Waals surface area contributed by atoms with Gasteiger partial charge in [0.05, 0.1) is 0 Å². The highest BCUT2D eigenvalue weighted by Gasteiger charge is 2.33. The maximum absolute atomic E-state index is 13.5. The summed E-state index contributed by atoms with van der Waals surface area (Å²) < 4.78 is 89.5. The van der Waals surface area contributed by atoms with Crippen LogP contribution in [0.5, 0.6) is 0 Å². The lowest BCUT2D eigenvalue weighted by atomic mass is 10.2. The standard InChI is InChI=1S/C13H9F5N2O2S/c14-8-9(15)11(17)13(12(18)10(8)16)23(21,22)20-19-6-7-4-2-1-3-5-7/h1-5,19-20H,6H2. The fourth-order valence-electron chi connectivity index (χ4n) is 1.70. The third kappa shape index (κ3) is 3.49. The monoisotopic (exact) mass is 352 g/mol. The molecule has 2 aromatic carbocycles. The minimum Gasteiger partial charge on any atom is -0.239 e. The Morgan fingerprint density at radius 1 is 0.783 bits per heavy atom. The second-order valence-electron chi connectivity index (χ2n) is 4.34. The maximum atomic E-state index is 13.5. The van der Waals surface area contributed by atoms with Gasteiger partial charge in [0.1, 0.15) is 0 Å². The lowest BCUT2D eigenvalue weighted by molar-refractivity contribution is 0.356. The smallest absolute Gasteiger partial charge is 0.239 e. The normalized spacial score (nSPS) is 11.7. The molecule has 0 heterocycles. The molecule has 124 valence electrons. The summed E-state index contributed by atoms with van der Waals surface area (Å²) in [5.74, 6) is -12.0. The molecule has 0 fully saturated rings. The Morgan fingerprint density at radius 3 is 1.78 bits per heavy atom. The third-order valence-corrected chi connectivity index (χ3v) is 4.09. The van der Waals surface area contributed by atoms with Crippen LogP contribution in [0.1, 0.15) is 5.56 Å². The predicted octanol–water partition coefficient (Wildman–Crippen LogP) is 2.37. The first-order chi connectivity index (χ1) is 10.8. The number of benzene rings is 2. The second kappa shape index (κ2) is 6.60. The fourth-order valence-corrected chi connectivity index (χ4v) is 2.72. The fraction of sp³-hybridized carbons (Fsp3) is 0.0769. The molecule has 2 N–H and O–H groups in total. The summed E-state index contributed by atoms with van der Waals surface area (Å²) in [7, 11) is -5.01. The van der Waals surface area contributed by atoms with E-state index in [1.165, 1.54) is 0 Å². The van der Waals surface area contributed by atoms with E-state index in [2.05, 4.69) is 5.43 Å². The minimum absolute atomic E-state index is 0.0739. The van der Waals surface area contributed by atoms with Gasteiger partial charge >= 0.3 is 0 Å². The number of rotatable bonds is 5. The molecule has 0 spiro atoms. The first-order valence-corrected chi connectivity index (χ1v) is 7.54. The van der Waals surface area contributed by atoms with Crippen molar-refractivity contribution >= 4 is 10.0 Å². The van der Waals surface area contributed by atoms with Crippen LogP contribution < -0.4 is 10.3 Å². The molecule has 0 amide bonds. The molecule has 0 radical (unpaired) electrons. The van der Waals surface area contributed by atoms with Crippen molar-refractivity contribution < 1.29 is 30.4 Å². The van der Waals surface area contributed by atoms with Crippen LogP contribution in [0.3, 0.4) is 0 Å². The van der Waals surface area contributed by atoms with Gasteiger partial charge in [-0.05, 0) is 5.56 Å². The molecule has 0 aliphatic rings. The van der Waals surface area contributed by atoms with Crippen LogP contribution in [0.4, 0.5) is 22.0 Å². The Balaban J connectivity index is 2.27. The van der Waals surface area contributed by atoms with E-state index >= 15 is 0 Å². The van der Waals surface area contributed by atoms with E-state index in [1.54, 1.807) is 35.2 Å². The first-order valence-electron chi connectivity index (χ1n) is 6.05. The molecule has 0 atom stereocenters. The number of hydrogen-bond acceptors (Lipinski definition) is 3. The molecule has 0 bridgehead atoms. The van der Waals surface area contributed by atoms with Gasteiger partial charge in [-0.25, -0.2) is 35.8 Å². The molecule has 0 aliphatic heterocycles. The molecule has 4 nitrogen and oxygen atoms in total. The van der Waals surface area contributed by atoms with E-state index in [0.717, 1.165) is 0 Å². The zero-order chi connectivity index (χ0) is 17.2. The summed E-state index contributed by atoms with van der Waals surface area (Å²) in [6.45, 7) is -0.0739. The zero-order valence-corrected chi connectivity index (χ0v) is 12.0. The lowest BCUT2D eigenvalue weighted by Gasteiger charge is -2.11. The summed E-state index contributed by atoms with van der Waals surface area (Å²) >= 11 is 0.